The topological polar surface area (TPSA) is 65.7 Å². The molecule has 0 radical (unpaired) electrons. The Morgan fingerprint density at radius 1 is 1.20 bits per heavy atom. The van der Waals surface area contributed by atoms with Gasteiger partial charge in [-0.2, -0.15) is 9.78 Å². The normalized spacial score (nSPS) is 11.5. The first-order valence-electron chi connectivity index (χ1n) is 10.8. The van der Waals surface area contributed by atoms with Crippen molar-refractivity contribution in [1.29, 1.82) is 0 Å². The van der Waals surface area contributed by atoms with Crippen molar-refractivity contribution in [3.05, 3.63) is 95.8 Å². The molecule has 0 bridgehead atoms. The van der Waals surface area contributed by atoms with Gasteiger partial charge in [0.25, 0.3) is 5.56 Å². The number of methoxy groups -OCH3 is 1. The molecule has 1 heterocycles. The van der Waals surface area contributed by atoms with Crippen molar-refractivity contribution in [3.63, 3.8) is 0 Å². The van der Waals surface area contributed by atoms with Gasteiger partial charge < -0.3 is 9.47 Å². The molecule has 3 aromatic carbocycles. The Morgan fingerprint density at radius 2 is 2.00 bits per heavy atom. The van der Waals surface area contributed by atoms with Crippen molar-refractivity contribution in [2.45, 2.75) is 26.4 Å². The van der Waals surface area contributed by atoms with Crippen molar-refractivity contribution in [1.82, 2.24) is 9.66 Å². The number of nitrogens with zero attached hydrogens (tertiary/aromatic N) is 3. The maximum atomic E-state index is 13.5. The summed E-state index contributed by atoms with van der Waals surface area (Å²) in [5.41, 5.74) is 1.82. The molecule has 180 valence electrons. The number of fused-ring (bicyclic) bond motifs is 1. The molecule has 0 spiro atoms. The van der Waals surface area contributed by atoms with Crippen LogP contribution in [0.3, 0.4) is 0 Å². The van der Waals surface area contributed by atoms with Crippen LogP contribution < -0.4 is 15.0 Å². The number of hydrogen-bond acceptors (Lipinski definition) is 5. The molecule has 6 nitrogen and oxygen atoms in total. The van der Waals surface area contributed by atoms with Gasteiger partial charge in [0.2, 0.25) is 0 Å². The van der Waals surface area contributed by atoms with Gasteiger partial charge in [-0.1, -0.05) is 41.9 Å². The highest BCUT2D eigenvalue weighted by Crippen LogP contribution is 2.34. The zero-order valence-electron chi connectivity index (χ0n) is 19.3. The van der Waals surface area contributed by atoms with Gasteiger partial charge in [-0.3, -0.25) is 4.79 Å². The minimum absolute atomic E-state index is 0.0128. The molecule has 1 aromatic heterocycles. The molecule has 0 saturated heterocycles. The van der Waals surface area contributed by atoms with Gasteiger partial charge in [-0.05, 0) is 76.2 Å². The highest BCUT2D eigenvalue weighted by Gasteiger charge is 2.15. The van der Waals surface area contributed by atoms with Crippen LogP contribution in [0.1, 0.15) is 36.7 Å². The molecule has 0 saturated carbocycles. The van der Waals surface area contributed by atoms with E-state index in [-0.39, 0.29) is 23.9 Å². The summed E-state index contributed by atoms with van der Waals surface area (Å²) in [4.78, 5) is 17.9. The Bertz CT molecular complexity index is 1490. The Balaban J connectivity index is 1.69. The number of hydrogen-bond donors (Lipinski definition) is 0. The van der Waals surface area contributed by atoms with Gasteiger partial charge in [-0.25, -0.2) is 9.37 Å². The molecule has 9 heteroatoms. The van der Waals surface area contributed by atoms with Crippen molar-refractivity contribution < 1.29 is 13.9 Å². The lowest BCUT2D eigenvalue weighted by atomic mass is 10.2. The molecule has 4 aromatic rings. The SMILES string of the molecule is COc1cc(C=Nn2c(C(C)C)nc3ccc(Br)cc3c2=O)cc(I)c1OCc1cccc(F)c1. The van der Waals surface area contributed by atoms with E-state index in [0.29, 0.717) is 33.8 Å². The minimum Gasteiger partial charge on any atom is -0.493 e. The fraction of sp³-hybridized carbons (Fsp3) is 0.192. The molecule has 0 unspecified atom stereocenters. The Kier molecular flexibility index (Phi) is 7.85. The van der Waals surface area contributed by atoms with Crippen LogP contribution in [-0.4, -0.2) is 23.0 Å². The van der Waals surface area contributed by atoms with Crippen LogP contribution in [0.5, 0.6) is 11.5 Å². The Morgan fingerprint density at radius 3 is 2.71 bits per heavy atom. The lowest BCUT2D eigenvalue weighted by Crippen LogP contribution is -2.23. The zero-order chi connectivity index (χ0) is 25.1. The van der Waals surface area contributed by atoms with Gasteiger partial charge in [-0.15, -0.1) is 0 Å². The maximum absolute atomic E-state index is 13.5. The van der Waals surface area contributed by atoms with Crippen molar-refractivity contribution in [2.75, 3.05) is 7.11 Å². The summed E-state index contributed by atoms with van der Waals surface area (Å²) >= 11 is 5.57. The van der Waals surface area contributed by atoms with E-state index < -0.39 is 0 Å². The molecule has 35 heavy (non-hydrogen) atoms. The summed E-state index contributed by atoms with van der Waals surface area (Å²) in [7, 11) is 1.55. The maximum Gasteiger partial charge on any atom is 0.282 e. The van der Waals surface area contributed by atoms with Crippen molar-refractivity contribution in [2.24, 2.45) is 5.10 Å². The van der Waals surface area contributed by atoms with E-state index in [1.807, 2.05) is 32.0 Å². The monoisotopic (exact) mass is 649 g/mol. The summed E-state index contributed by atoms with van der Waals surface area (Å²) in [6, 6.07) is 15.3. The van der Waals surface area contributed by atoms with E-state index in [1.165, 1.54) is 16.8 Å². The molecule has 0 fully saturated rings. The second-order valence-corrected chi connectivity index (χ2v) is 10.2. The van der Waals surface area contributed by atoms with Crippen LogP contribution in [0, 0.1) is 9.39 Å². The predicted octanol–water partition coefficient (Wildman–Crippen LogP) is 6.50. The van der Waals surface area contributed by atoms with Crippen molar-refractivity contribution in [3.8, 4) is 11.5 Å². The van der Waals surface area contributed by atoms with Crippen LogP contribution in [0.2, 0.25) is 0 Å². The third kappa shape index (κ3) is 5.72. The van der Waals surface area contributed by atoms with E-state index in [0.717, 1.165) is 13.6 Å². The number of ether oxygens (including phenoxy) is 2. The molecule has 4 rings (SSSR count). The summed E-state index contributed by atoms with van der Waals surface area (Å²) in [5, 5.41) is 4.97. The molecule has 0 aliphatic carbocycles. The van der Waals surface area contributed by atoms with Gasteiger partial charge >= 0.3 is 0 Å². The average Bonchev–Trinajstić information content (AvgIpc) is 2.82. The van der Waals surface area contributed by atoms with E-state index in [9.17, 15) is 9.18 Å². The fourth-order valence-electron chi connectivity index (χ4n) is 3.51. The lowest BCUT2D eigenvalue weighted by molar-refractivity contribution is 0.282. The molecule has 0 aliphatic rings. The highest BCUT2D eigenvalue weighted by atomic mass is 127. The second kappa shape index (κ2) is 10.9. The molecular formula is C26H22BrFIN3O3. The number of halogens is 3. The van der Waals surface area contributed by atoms with E-state index in [4.69, 9.17) is 9.47 Å². The van der Waals surface area contributed by atoms with Crippen molar-refractivity contribution >= 4 is 55.6 Å². The fourth-order valence-corrected chi connectivity index (χ4v) is 4.65. The van der Waals surface area contributed by atoms with Crippen LogP contribution in [0.25, 0.3) is 10.9 Å². The molecule has 0 N–H and O–H groups in total. The largest absolute Gasteiger partial charge is 0.493 e. The van der Waals surface area contributed by atoms with Gasteiger partial charge in [0, 0.05) is 10.4 Å². The first-order valence-corrected chi connectivity index (χ1v) is 12.7. The first-order chi connectivity index (χ1) is 16.8. The second-order valence-electron chi connectivity index (χ2n) is 8.10. The van der Waals surface area contributed by atoms with E-state index in [2.05, 4.69) is 48.6 Å². The van der Waals surface area contributed by atoms with Gasteiger partial charge in [0.05, 0.1) is 27.8 Å². The van der Waals surface area contributed by atoms with Crippen LogP contribution in [0.15, 0.2) is 69.0 Å². The van der Waals surface area contributed by atoms with Crippen LogP contribution in [-0.2, 0) is 6.61 Å². The molecule has 0 amide bonds. The first kappa shape index (κ1) is 25.3. The van der Waals surface area contributed by atoms with Crippen LogP contribution in [0.4, 0.5) is 4.39 Å². The number of aromatic nitrogens is 2. The van der Waals surface area contributed by atoms with Gasteiger partial charge in [0.1, 0.15) is 18.2 Å². The van der Waals surface area contributed by atoms with Crippen LogP contribution >= 0.6 is 38.5 Å². The minimum atomic E-state index is -0.314. The van der Waals surface area contributed by atoms with E-state index >= 15 is 0 Å². The Labute approximate surface area is 224 Å². The number of rotatable bonds is 7. The smallest absolute Gasteiger partial charge is 0.282 e. The molecule has 0 aliphatic heterocycles. The molecular weight excluding hydrogens is 628 g/mol. The predicted molar refractivity (Wildman–Crippen MR) is 147 cm³/mol. The standard InChI is InChI=1S/C26H22BrFIN3O3/c1-15(2)25-31-22-8-7-18(27)12-20(22)26(33)32(25)30-13-17-10-21(29)24(23(11-17)34-3)35-14-16-5-4-6-19(28)9-16/h4-13,15H,14H2,1-3H3. The third-order valence-corrected chi connectivity index (χ3v) is 6.49. The highest BCUT2D eigenvalue weighted by molar-refractivity contribution is 14.1. The third-order valence-electron chi connectivity index (χ3n) is 5.20. The number of benzene rings is 3. The quantitative estimate of drug-likeness (QED) is 0.169. The lowest BCUT2D eigenvalue weighted by Gasteiger charge is -2.14. The summed E-state index contributed by atoms with van der Waals surface area (Å²) < 4.78 is 27.9. The summed E-state index contributed by atoms with van der Waals surface area (Å²) in [6.07, 6.45) is 1.60. The average molecular weight is 650 g/mol. The Hall–Kier alpha value is -2.79. The zero-order valence-corrected chi connectivity index (χ0v) is 23.0. The van der Waals surface area contributed by atoms with E-state index in [1.54, 1.807) is 37.6 Å². The summed E-state index contributed by atoms with van der Waals surface area (Å²) in [5.74, 6) is 1.29. The molecule has 0 atom stereocenters. The summed E-state index contributed by atoms with van der Waals surface area (Å²) in [6.45, 7) is 4.13. The van der Waals surface area contributed by atoms with Gasteiger partial charge in [0.15, 0.2) is 11.5 Å².